The van der Waals surface area contributed by atoms with E-state index in [1.165, 1.54) is 0 Å². The van der Waals surface area contributed by atoms with E-state index in [1.54, 1.807) is 25.6 Å². The van der Waals surface area contributed by atoms with Gasteiger partial charge in [0.15, 0.2) is 0 Å². The minimum atomic E-state index is -0.689. The predicted molar refractivity (Wildman–Crippen MR) is 46.7 cm³/mol. The van der Waals surface area contributed by atoms with Gasteiger partial charge in [-0.2, -0.15) is 11.8 Å². The van der Waals surface area contributed by atoms with Crippen LogP contribution in [0.1, 0.15) is 20.3 Å². The molecule has 0 bridgehead atoms. The lowest BCUT2D eigenvalue weighted by atomic mass is 9.92. The molecule has 0 aromatic heterocycles. The van der Waals surface area contributed by atoms with Gasteiger partial charge in [0.25, 0.3) is 0 Å². The molecular formula is C8H14O2S. The Bertz CT molecular complexity index is 160. The first-order valence-electron chi connectivity index (χ1n) is 3.82. The summed E-state index contributed by atoms with van der Waals surface area (Å²) in [6.45, 7) is 3.51. The van der Waals surface area contributed by atoms with Crippen molar-refractivity contribution in [2.45, 2.75) is 25.9 Å². The molecule has 0 aromatic rings. The summed E-state index contributed by atoms with van der Waals surface area (Å²) in [7, 11) is 0. The lowest BCUT2D eigenvalue weighted by Gasteiger charge is -2.19. The predicted octanol–water partition coefficient (Wildman–Crippen LogP) is 1.08. The van der Waals surface area contributed by atoms with E-state index in [2.05, 4.69) is 0 Å². The van der Waals surface area contributed by atoms with Crippen molar-refractivity contribution in [3.05, 3.63) is 0 Å². The standard InChI is InChI=1S/C8H14O2S/c1-8(2,10)3-6-4-11-5-7(6)9/h6,10H,3-5H2,1-2H3. The van der Waals surface area contributed by atoms with Crippen molar-refractivity contribution in [2.24, 2.45) is 5.92 Å². The van der Waals surface area contributed by atoms with Crippen LogP contribution in [0.4, 0.5) is 0 Å². The Morgan fingerprint density at radius 3 is 2.73 bits per heavy atom. The molecule has 1 rings (SSSR count). The molecule has 1 fully saturated rings. The zero-order valence-electron chi connectivity index (χ0n) is 6.96. The summed E-state index contributed by atoms with van der Waals surface area (Å²) in [5.41, 5.74) is -0.689. The van der Waals surface area contributed by atoms with Crippen LogP contribution < -0.4 is 0 Å². The van der Waals surface area contributed by atoms with Crippen molar-refractivity contribution < 1.29 is 9.90 Å². The molecule has 64 valence electrons. The summed E-state index contributed by atoms with van der Waals surface area (Å²) in [6, 6.07) is 0. The summed E-state index contributed by atoms with van der Waals surface area (Å²) in [5.74, 6) is 1.93. The second kappa shape index (κ2) is 3.15. The quantitative estimate of drug-likeness (QED) is 0.680. The summed E-state index contributed by atoms with van der Waals surface area (Å²) >= 11 is 1.67. The van der Waals surface area contributed by atoms with Crippen molar-refractivity contribution >= 4 is 17.5 Å². The van der Waals surface area contributed by atoms with Gasteiger partial charge in [-0.3, -0.25) is 4.79 Å². The third-order valence-corrected chi connectivity index (χ3v) is 2.89. The van der Waals surface area contributed by atoms with Crippen LogP contribution in [0.3, 0.4) is 0 Å². The number of carbonyl (C=O) groups is 1. The number of hydrogen-bond donors (Lipinski definition) is 1. The van der Waals surface area contributed by atoms with Gasteiger partial charge >= 0.3 is 0 Å². The fourth-order valence-corrected chi connectivity index (χ4v) is 2.43. The first-order chi connectivity index (χ1) is 4.99. The Kier molecular flexibility index (Phi) is 2.60. The molecule has 1 saturated heterocycles. The molecule has 0 aliphatic carbocycles. The lowest BCUT2D eigenvalue weighted by Crippen LogP contribution is -2.26. The van der Waals surface area contributed by atoms with Crippen molar-refractivity contribution in [3.63, 3.8) is 0 Å². The third-order valence-electron chi connectivity index (χ3n) is 1.76. The number of carbonyl (C=O) groups excluding carboxylic acids is 1. The van der Waals surface area contributed by atoms with Crippen LogP contribution in [0.2, 0.25) is 0 Å². The molecule has 0 amide bonds. The number of hydrogen-bond acceptors (Lipinski definition) is 3. The first kappa shape index (κ1) is 9.07. The van der Waals surface area contributed by atoms with Crippen molar-refractivity contribution in [2.75, 3.05) is 11.5 Å². The minimum absolute atomic E-state index is 0.0972. The maximum absolute atomic E-state index is 11.1. The number of aliphatic hydroxyl groups is 1. The Hall–Kier alpha value is -0.0200. The van der Waals surface area contributed by atoms with Crippen LogP contribution >= 0.6 is 11.8 Å². The molecule has 1 aliphatic rings. The molecule has 3 heteroatoms. The van der Waals surface area contributed by atoms with E-state index in [9.17, 15) is 9.90 Å². The van der Waals surface area contributed by atoms with Crippen LogP contribution in [0.15, 0.2) is 0 Å². The van der Waals surface area contributed by atoms with Crippen LogP contribution in [-0.2, 0) is 4.79 Å². The zero-order chi connectivity index (χ0) is 8.48. The van der Waals surface area contributed by atoms with Crippen molar-refractivity contribution in [1.29, 1.82) is 0 Å². The van der Waals surface area contributed by atoms with Gasteiger partial charge in [0.1, 0.15) is 5.78 Å². The molecule has 0 aromatic carbocycles. The molecule has 0 spiro atoms. The van der Waals surface area contributed by atoms with E-state index in [1.807, 2.05) is 0 Å². The average molecular weight is 174 g/mol. The molecule has 1 heterocycles. The number of rotatable bonds is 2. The highest BCUT2D eigenvalue weighted by molar-refractivity contribution is 8.00. The summed E-state index contributed by atoms with van der Waals surface area (Å²) in [4.78, 5) is 11.1. The molecule has 0 saturated carbocycles. The van der Waals surface area contributed by atoms with Gasteiger partial charge in [0.05, 0.1) is 11.4 Å². The van der Waals surface area contributed by atoms with Gasteiger partial charge < -0.3 is 5.11 Å². The molecule has 1 atom stereocenters. The number of Topliss-reactive ketones (excluding diaryl/α,β-unsaturated/α-hetero) is 1. The van der Waals surface area contributed by atoms with Gasteiger partial charge in [-0.15, -0.1) is 0 Å². The molecule has 1 aliphatic heterocycles. The van der Waals surface area contributed by atoms with Crippen LogP contribution in [-0.4, -0.2) is 28.0 Å². The summed E-state index contributed by atoms with van der Waals surface area (Å²) in [5, 5.41) is 9.43. The second-order valence-electron chi connectivity index (χ2n) is 3.69. The largest absolute Gasteiger partial charge is 0.390 e. The van der Waals surface area contributed by atoms with E-state index >= 15 is 0 Å². The zero-order valence-corrected chi connectivity index (χ0v) is 7.78. The average Bonchev–Trinajstić information content (AvgIpc) is 2.12. The van der Waals surface area contributed by atoms with Gasteiger partial charge in [-0.1, -0.05) is 0 Å². The molecule has 1 N–H and O–H groups in total. The Labute approximate surface area is 71.4 Å². The molecule has 1 unspecified atom stereocenters. The lowest BCUT2D eigenvalue weighted by molar-refractivity contribution is -0.120. The SMILES string of the molecule is CC(C)(O)CC1CSCC1=O. The smallest absolute Gasteiger partial charge is 0.146 e. The van der Waals surface area contributed by atoms with E-state index in [4.69, 9.17) is 0 Å². The van der Waals surface area contributed by atoms with Gasteiger partial charge in [-0.05, 0) is 20.3 Å². The van der Waals surface area contributed by atoms with Gasteiger partial charge in [0.2, 0.25) is 0 Å². The highest BCUT2D eigenvalue weighted by Gasteiger charge is 2.29. The van der Waals surface area contributed by atoms with Crippen molar-refractivity contribution in [3.8, 4) is 0 Å². The highest BCUT2D eigenvalue weighted by atomic mass is 32.2. The van der Waals surface area contributed by atoms with Crippen LogP contribution in [0, 0.1) is 5.92 Å². The number of ketones is 1. The number of thioether (sulfide) groups is 1. The Morgan fingerprint density at radius 1 is 1.73 bits per heavy atom. The van der Waals surface area contributed by atoms with Gasteiger partial charge in [-0.25, -0.2) is 0 Å². The summed E-state index contributed by atoms with van der Waals surface area (Å²) < 4.78 is 0. The van der Waals surface area contributed by atoms with Crippen molar-refractivity contribution in [1.82, 2.24) is 0 Å². The molecule has 0 radical (unpaired) electrons. The maximum Gasteiger partial charge on any atom is 0.146 e. The molecule has 2 nitrogen and oxygen atoms in total. The summed E-state index contributed by atoms with van der Waals surface area (Å²) in [6.07, 6.45) is 0.610. The van der Waals surface area contributed by atoms with E-state index < -0.39 is 5.60 Å². The van der Waals surface area contributed by atoms with Gasteiger partial charge in [0, 0.05) is 11.7 Å². The highest BCUT2D eigenvalue weighted by Crippen LogP contribution is 2.27. The first-order valence-corrected chi connectivity index (χ1v) is 4.97. The molecule has 11 heavy (non-hydrogen) atoms. The Balaban J connectivity index is 2.43. The topological polar surface area (TPSA) is 37.3 Å². The van der Waals surface area contributed by atoms with E-state index in [0.29, 0.717) is 18.0 Å². The van der Waals surface area contributed by atoms with E-state index in [0.717, 1.165) is 5.75 Å². The minimum Gasteiger partial charge on any atom is -0.390 e. The molecular weight excluding hydrogens is 160 g/mol. The van der Waals surface area contributed by atoms with E-state index in [-0.39, 0.29) is 5.92 Å². The fraction of sp³-hybridized carbons (Fsp3) is 0.875. The monoisotopic (exact) mass is 174 g/mol. The third kappa shape index (κ3) is 2.83. The Morgan fingerprint density at radius 2 is 2.36 bits per heavy atom. The van der Waals surface area contributed by atoms with Crippen LogP contribution in [0.5, 0.6) is 0 Å². The maximum atomic E-state index is 11.1. The second-order valence-corrected chi connectivity index (χ2v) is 4.73. The fourth-order valence-electron chi connectivity index (χ4n) is 1.29. The van der Waals surface area contributed by atoms with Crippen LogP contribution in [0.25, 0.3) is 0 Å². The normalized spacial score (nSPS) is 26.1.